The van der Waals surface area contributed by atoms with Crippen molar-refractivity contribution >= 4 is 12.3 Å². The third-order valence-corrected chi connectivity index (χ3v) is 0.489. The molecular formula is C5H5O3. The van der Waals surface area contributed by atoms with Gasteiger partial charge in [-0.3, -0.25) is 4.79 Å². The number of carbonyl (C=O) groups excluding carboxylic acids is 2. The number of hydrogen-bond donors (Lipinski definition) is 0. The predicted octanol–water partition coefficient (Wildman–Crippen LogP) is -0.175. The van der Waals surface area contributed by atoms with Crippen LogP contribution in [0.3, 0.4) is 0 Å². The van der Waals surface area contributed by atoms with E-state index in [1.54, 1.807) is 0 Å². The van der Waals surface area contributed by atoms with E-state index in [0.29, 0.717) is 0 Å². The average molecular weight is 113 g/mol. The number of ether oxygens (including phenoxy) is 1. The standard InChI is InChI=1S/C5H5O3/c1-8-5(7)3-2-4-6/h2-3H,1H3/b3-2+. The molecule has 8 heavy (non-hydrogen) atoms. The number of allylic oxidation sites excluding steroid dienone is 1. The Balaban J connectivity index is 3.52. The van der Waals surface area contributed by atoms with Gasteiger partial charge in [-0.25, -0.2) is 4.79 Å². The van der Waals surface area contributed by atoms with Crippen molar-refractivity contribution in [2.24, 2.45) is 0 Å². The second kappa shape index (κ2) is 4.05. The van der Waals surface area contributed by atoms with Crippen LogP contribution in [0.1, 0.15) is 0 Å². The van der Waals surface area contributed by atoms with Crippen LogP contribution in [0.4, 0.5) is 0 Å². The van der Waals surface area contributed by atoms with Crippen molar-refractivity contribution in [3.8, 4) is 0 Å². The highest BCUT2D eigenvalue weighted by Gasteiger charge is 1.86. The van der Waals surface area contributed by atoms with Crippen LogP contribution in [0, 0.1) is 0 Å². The summed E-state index contributed by atoms with van der Waals surface area (Å²) >= 11 is 0. The molecule has 0 aliphatic heterocycles. The molecule has 0 N–H and O–H groups in total. The smallest absolute Gasteiger partial charge is 0.330 e. The fraction of sp³-hybridized carbons (Fsp3) is 0.200. The van der Waals surface area contributed by atoms with E-state index in [-0.39, 0.29) is 0 Å². The van der Waals surface area contributed by atoms with Crippen molar-refractivity contribution in [3.63, 3.8) is 0 Å². The Labute approximate surface area is 46.9 Å². The minimum atomic E-state index is -0.548. The lowest BCUT2D eigenvalue weighted by atomic mass is 10.5. The van der Waals surface area contributed by atoms with Crippen LogP contribution >= 0.6 is 0 Å². The molecule has 0 heterocycles. The molecule has 0 aliphatic rings. The first-order valence-electron chi connectivity index (χ1n) is 1.93. The molecule has 0 aromatic rings. The van der Waals surface area contributed by atoms with Crippen molar-refractivity contribution < 1.29 is 14.3 Å². The zero-order valence-electron chi connectivity index (χ0n) is 4.38. The van der Waals surface area contributed by atoms with Gasteiger partial charge in [0.2, 0.25) is 6.29 Å². The van der Waals surface area contributed by atoms with E-state index in [1.165, 1.54) is 13.4 Å². The van der Waals surface area contributed by atoms with Gasteiger partial charge in [0, 0.05) is 6.08 Å². The highest BCUT2D eigenvalue weighted by Crippen LogP contribution is 1.72. The topological polar surface area (TPSA) is 43.4 Å². The van der Waals surface area contributed by atoms with E-state index >= 15 is 0 Å². The Hall–Kier alpha value is -1.12. The summed E-state index contributed by atoms with van der Waals surface area (Å²) in [7, 11) is 1.23. The molecule has 0 aromatic heterocycles. The minimum absolute atomic E-state index is 0.548. The largest absolute Gasteiger partial charge is 0.466 e. The van der Waals surface area contributed by atoms with Gasteiger partial charge in [-0.05, 0) is 6.08 Å². The number of esters is 1. The summed E-state index contributed by atoms with van der Waals surface area (Å²) in [6.07, 6.45) is 3.34. The van der Waals surface area contributed by atoms with Crippen LogP contribution in [0.5, 0.6) is 0 Å². The van der Waals surface area contributed by atoms with E-state index in [9.17, 15) is 9.59 Å². The quantitative estimate of drug-likeness (QED) is 0.368. The summed E-state index contributed by atoms with van der Waals surface area (Å²) in [5, 5.41) is 0. The maximum atomic E-state index is 10.1. The summed E-state index contributed by atoms with van der Waals surface area (Å²) in [6, 6.07) is 0. The molecule has 0 unspecified atom stereocenters. The molecule has 43 valence electrons. The average Bonchev–Trinajstić information content (AvgIpc) is 1.83. The van der Waals surface area contributed by atoms with Crippen LogP contribution in [0.25, 0.3) is 0 Å². The zero-order valence-corrected chi connectivity index (χ0v) is 4.38. The summed E-state index contributed by atoms with van der Waals surface area (Å²) in [5.74, 6) is -0.548. The summed E-state index contributed by atoms with van der Waals surface area (Å²) in [5.41, 5.74) is 0. The molecule has 0 spiro atoms. The van der Waals surface area contributed by atoms with Crippen molar-refractivity contribution in [1.82, 2.24) is 0 Å². The van der Waals surface area contributed by atoms with Gasteiger partial charge in [0.15, 0.2) is 0 Å². The van der Waals surface area contributed by atoms with Gasteiger partial charge >= 0.3 is 5.97 Å². The first kappa shape index (κ1) is 6.88. The van der Waals surface area contributed by atoms with E-state index in [1.807, 2.05) is 0 Å². The van der Waals surface area contributed by atoms with Crippen LogP contribution in [0.15, 0.2) is 12.2 Å². The third-order valence-electron chi connectivity index (χ3n) is 0.489. The molecule has 1 radical (unpaired) electrons. The van der Waals surface area contributed by atoms with E-state index in [0.717, 1.165) is 12.2 Å². The fourth-order valence-corrected chi connectivity index (χ4v) is 0.170. The summed E-state index contributed by atoms with van der Waals surface area (Å²) < 4.78 is 4.15. The Kier molecular flexibility index (Phi) is 3.48. The van der Waals surface area contributed by atoms with Gasteiger partial charge in [-0.2, -0.15) is 0 Å². The second-order valence-corrected chi connectivity index (χ2v) is 0.974. The number of rotatable bonds is 2. The molecular weight excluding hydrogens is 108 g/mol. The number of carbonyl (C=O) groups is 1. The maximum Gasteiger partial charge on any atom is 0.330 e. The molecule has 3 heteroatoms. The Morgan fingerprint density at radius 2 is 2.38 bits per heavy atom. The van der Waals surface area contributed by atoms with Gasteiger partial charge < -0.3 is 4.74 Å². The normalized spacial score (nSPS) is 9.12. The van der Waals surface area contributed by atoms with Crippen LogP contribution < -0.4 is 0 Å². The summed E-state index contributed by atoms with van der Waals surface area (Å²) in [4.78, 5) is 19.5. The molecule has 0 bridgehead atoms. The van der Waals surface area contributed by atoms with Gasteiger partial charge in [0.1, 0.15) is 0 Å². The van der Waals surface area contributed by atoms with E-state index < -0.39 is 5.97 Å². The molecule has 0 aromatic carbocycles. The predicted molar refractivity (Wildman–Crippen MR) is 26.8 cm³/mol. The lowest BCUT2D eigenvalue weighted by Gasteiger charge is -1.84. The Morgan fingerprint density at radius 1 is 1.75 bits per heavy atom. The highest BCUT2D eigenvalue weighted by atomic mass is 16.5. The second-order valence-electron chi connectivity index (χ2n) is 0.974. The SMILES string of the molecule is COC(=O)/C=C/[C]=O. The lowest BCUT2D eigenvalue weighted by Crippen LogP contribution is -1.93. The van der Waals surface area contributed by atoms with Crippen molar-refractivity contribution in [2.45, 2.75) is 0 Å². The van der Waals surface area contributed by atoms with Crippen LogP contribution in [-0.2, 0) is 14.3 Å². The maximum absolute atomic E-state index is 10.1. The van der Waals surface area contributed by atoms with E-state index in [4.69, 9.17) is 0 Å². The Morgan fingerprint density at radius 3 is 2.75 bits per heavy atom. The molecule has 0 atom stereocenters. The minimum Gasteiger partial charge on any atom is -0.466 e. The first-order valence-corrected chi connectivity index (χ1v) is 1.93. The molecule has 3 nitrogen and oxygen atoms in total. The van der Waals surface area contributed by atoms with E-state index in [2.05, 4.69) is 4.74 Å². The van der Waals surface area contributed by atoms with Crippen LogP contribution in [0.2, 0.25) is 0 Å². The molecule has 0 fully saturated rings. The fourth-order valence-electron chi connectivity index (χ4n) is 0.170. The Bertz CT molecular complexity index is 115. The molecule has 0 saturated carbocycles. The lowest BCUT2D eigenvalue weighted by molar-refractivity contribution is -0.134. The monoisotopic (exact) mass is 113 g/mol. The van der Waals surface area contributed by atoms with Gasteiger partial charge in [-0.1, -0.05) is 0 Å². The molecule has 0 rings (SSSR count). The highest BCUT2D eigenvalue weighted by molar-refractivity contribution is 5.86. The van der Waals surface area contributed by atoms with Crippen LogP contribution in [-0.4, -0.2) is 19.4 Å². The number of hydrogen-bond acceptors (Lipinski definition) is 3. The first-order chi connectivity index (χ1) is 3.81. The van der Waals surface area contributed by atoms with Crippen molar-refractivity contribution in [1.29, 1.82) is 0 Å². The number of methoxy groups -OCH3 is 1. The van der Waals surface area contributed by atoms with Gasteiger partial charge in [-0.15, -0.1) is 0 Å². The van der Waals surface area contributed by atoms with Crippen molar-refractivity contribution in [2.75, 3.05) is 7.11 Å². The van der Waals surface area contributed by atoms with Crippen molar-refractivity contribution in [3.05, 3.63) is 12.2 Å². The third kappa shape index (κ3) is 3.08. The van der Waals surface area contributed by atoms with Gasteiger partial charge in [0.05, 0.1) is 7.11 Å². The van der Waals surface area contributed by atoms with Gasteiger partial charge in [0.25, 0.3) is 0 Å². The molecule has 0 amide bonds. The molecule has 0 saturated heterocycles. The molecule has 0 aliphatic carbocycles. The zero-order chi connectivity index (χ0) is 6.41. The summed E-state index contributed by atoms with van der Waals surface area (Å²) in [6.45, 7) is 0.